The minimum atomic E-state index is -2.91. The normalized spacial score (nSPS) is 41.1. The van der Waals surface area contributed by atoms with Gasteiger partial charge in [0.1, 0.15) is 0 Å². The summed E-state index contributed by atoms with van der Waals surface area (Å²) in [5, 5.41) is -1.57. The molecule has 18 heavy (non-hydrogen) atoms. The molecule has 0 spiro atoms. The lowest BCUT2D eigenvalue weighted by Gasteiger charge is -1.97. The second-order valence-corrected chi connectivity index (χ2v) is 10.8. The van der Waals surface area contributed by atoms with E-state index in [9.17, 15) is 16.8 Å². The third kappa shape index (κ3) is 5.21. The maximum absolute atomic E-state index is 10.7. The van der Waals surface area contributed by atoms with Gasteiger partial charge in [0.25, 0.3) is 0 Å². The van der Waals surface area contributed by atoms with Crippen LogP contribution >= 0.6 is 46.4 Å². The Hall–Kier alpha value is 1.06. The van der Waals surface area contributed by atoms with Crippen molar-refractivity contribution in [2.24, 2.45) is 0 Å². The lowest BCUT2D eigenvalue weighted by Crippen LogP contribution is -2.09. The lowest BCUT2D eigenvalue weighted by molar-refractivity contribution is 0.600. The summed E-state index contributed by atoms with van der Waals surface area (Å²) in [6.07, 6.45) is 0. The van der Waals surface area contributed by atoms with E-state index in [1.807, 2.05) is 0 Å². The first-order valence-electron chi connectivity index (χ1n) is 4.99. The number of halogens is 4. The van der Waals surface area contributed by atoms with E-state index >= 15 is 0 Å². The molecule has 0 aliphatic carbocycles. The minimum Gasteiger partial charge on any atom is -0.229 e. The van der Waals surface area contributed by atoms with Crippen LogP contribution in [0.15, 0.2) is 0 Å². The SMILES string of the molecule is O=S1(=O)C[C@@H](Cl)[C@@H](Cl)C1.O=S1(=O)C[C@H](Cl)[C@@H](Cl)C1. The van der Waals surface area contributed by atoms with Crippen molar-refractivity contribution in [1.82, 2.24) is 0 Å². The van der Waals surface area contributed by atoms with Crippen LogP contribution in [0, 0.1) is 0 Å². The highest BCUT2D eigenvalue weighted by Gasteiger charge is 2.35. The van der Waals surface area contributed by atoms with E-state index in [2.05, 4.69) is 0 Å². The average Bonchev–Trinajstić information content (AvgIpc) is 2.49. The highest BCUT2D eigenvalue weighted by molar-refractivity contribution is 7.92. The molecule has 0 aromatic carbocycles. The third-order valence-corrected chi connectivity index (χ3v) is 8.73. The van der Waals surface area contributed by atoms with E-state index in [4.69, 9.17) is 46.4 Å². The van der Waals surface area contributed by atoms with Crippen molar-refractivity contribution in [3.05, 3.63) is 0 Å². The highest BCUT2D eigenvalue weighted by Crippen LogP contribution is 2.22. The summed E-state index contributed by atoms with van der Waals surface area (Å²) in [5.41, 5.74) is 0. The standard InChI is InChI=1S/2C4H6Cl2O2S/c2*5-3-1-9(7,8)2-4(3)6/h2*3-4H,1-2H2/t3-,4+;3-,4-/m.0/s1. The molecule has 108 valence electrons. The quantitative estimate of drug-likeness (QED) is 0.596. The monoisotopic (exact) mass is 376 g/mol. The predicted molar refractivity (Wildman–Crippen MR) is 75.9 cm³/mol. The molecule has 0 radical (unpaired) electrons. The smallest absolute Gasteiger partial charge is 0.153 e. The van der Waals surface area contributed by atoms with Crippen molar-refractivity contribution in [2.45, 2.75) is 21.5 Å². The van der Waals surface area contributed by atoms with Gasteiger partial charge >= 0.3 is 0 Å². The van der Waals surface area contributed by atoms with Gasteiger partial charge in [0.15, 0.2) is 19.7 Å². The van der Waals surface area contributed by atoms with E-state index in [1.165, 1.54) is 0 Å². The average molecular weight is 378 g/mol. The Morgan fingerprint density at radius 3 is 0.778 bits per heavy atom. The zero-order valence-electron chi connectivity index (χ0n) is 9.10. The van der Waals surface area contributed by atoms with Crippen LogP contribution in [-0.4, -0.2) is 61.4 Å². The second-order valence-electron chi connectivity index (χ2n) is 4.22. The highest BCUT2D eigenvalue weighted by atomic mass is 35.5. The van der Waals surface area contributed by atoms with Crippen LogP contribution < -0.4 is 0 Å². The molecule has 0 bridgehead atoms. The van der Waals surface area contributed by atoms with Crippen molar-refractivity contribution < 1.29 is 16.8 Å². The molecule has 0 aromatic heterocycles. The first-order chi connectivity index (χ1) is 8.02. The summed E-state index contributed by atoms with van der Waals surface area (Å²) in [6, 6.07) is 0. The largest absolute Gasteiger partial charge is 0.229 e. The molecule has 0 aromatic rings. The number of hydrogen-bond acceptors (Lipinski definition) is 4. The van der Waals surface area contributed by atoms with Gasteiger partial charge in [-0.15, -0.1) is 46.4 Å². The van der Waals surface area contributed by atoms with Gasteiger partial charge in [-0.3, -0.25) is 0 Å². The molecule has 0 unspecified atom stereocenters. The summed E-state index contributed by atoms with van der Waals surface area (Å²) in [5.74, 6) is 0.122. The van der Waals surface area contributed by atoms with Gasteiger partial charge in [-0.25, -0.2) is 16.8 Å². The molecule has 0 amide bonds. The Labute approximate surface area is 127 Å². The fraction of sp³-hybridized carbons (Fsp3) is 1.00. The van der Waals surface area contributed by atoms with Gasteiger partial charge in [-0.1, -0.05) is 0 Å². The van der Waals surface area contributed by atoms with Gasteiger partial charge in [0, 0.05) is 0 Å². The van der Waals surface area contributed by atoms with Gasteiger partial charge in [-0.05, 0) is 0 Å². The Kier molecular flexibility index (Phi) is 5.92. The Morgan fingerprint density at radius 1 is 0.556 bits per heavy atom. The first kappa shape index (κ1) is 17.1. The molecular weight excluding hydrogens is 366 g/mol. The Bertz CT molecular complexity index is 411. The molecule has 2 aliphatic heterocycles. The number of alkyl halides is 4. The van der Waals surface area contributed by atoms with Crippen molar-refractivity contribution in [1.29, 1.82) is 0 Å². The summed E-state index contributed by atoms with van der Waals surface area (Å²) in [4.78, 5) is 0. The maximum Gasteiger partial charge on any atom is 0.153 e. The van der Waals surface area contributed by atoms with Gasteiger partial charge in [-0.2, -0.15) is 0 Å². The first-order valence-corrected chi connectivity index (χ1v) is 10.4. The lowest BCUT2D eigenvalue weighted by atomic mass is 10.4. The minimum absolute atomic E-state index is 0.0305. The van der Waals surface area contributed by atoms with Gasteiger partial charge < -0.3 is 0 Å². The van der Waals surface area contributed by atoms with Crippen molar-refractivity contribution in [2.75, 3.05) is 23.0 Å². The van der Waals surface area contributed by atoms with Crippen LogP contribution in [0.2, 0.25) is 0 Å². The second kappa shape index (κ2) is 6.22. The van der Waals surface area contributed by atoms with E-state index in [0.717, 1.165) is 0 Å². The van der Waals surface area contributed by atoms with Crippen LogP contribution in [0.4, 0.5) is 0 Å². The van der Waals surface area contributed by atoms with E-state index < -0.39 is 41.2 Å². The molecule has 2 rings (SSSR count). The fourth-order valence-corrected chi connectivity index (χ4v) is 7.75. The van der Waals surface area contributed by atoms with Crippen molar-refractivity contribution in [3.63, 3.8) is 0 Å². The molecule has 4 nitrogen and oxygen atoms in total. The van der Waals surface area contributed by atoms with E-state index in [0.29, 0.717) is 0 Å². The van der Waals surface area contributed by atoms with Crippen LogP contribution in [0.1, 0.15) is 0 Å². The zero-order valence-corrected chi connectivity index (χ0v) is 13.8. The van der Waals surface area contributed by atoms with Crippen LogP contribution in [0.25, 0.3) is 0 Å². The Morgan fingerprint density at radius 2 is 0.722 bits per heavy atom. The van der Waals surface area contributed by atoms with Crippen LogP contribution in [0.3, 0.4) is 0 Å². The summed E-state index contributed by atoms with van der Waals surface area (Å²) in [6.45, 7) is 0. The third-order valence-electron chi connectivity index (χ3n) is 2.44. The molecule has 0 saturated carbocycles. The molecule has 2 aliphatic rings. The number of rotatable bonds is 0. The van der Waals surface area contributed by atoms with Crippen LogP contribution in [-0.2, 0) is 19.7 Å². The molecule has 2 heterocycles. The summed E-state index contributed by atoms with van der Waals surface area (Å²) < 4.78 is 42.7. The molecule has 2 fully saturated rings. The topological polar surface area (TPSA) is 68.3 Å². The number of sulfone groups is 2. The number of hydrogen-bond donors (Lipinski definition) is 0. The summed E-state index contributed by atoms with van der Waals surface area (Å²) in [7, 11) is -5.82. The fourth-order valence-electron chi connectivity index (χ4n) is 1.52. The molecule has 10 heteroatoms. The van der Waals surface area contributed by atoms with E-state index in [1.54, 1.807) is 0 Å². The maximum atomic E-state index is 10.7. The summed E-state index contributed by atoms with van der Waals surface area (Å²) >= 11 is 22.1. The molecule has 4 atom stereocenters. The van der Waals surface area contributed by atoms with Crippen LogP contribution in [0.5, 0.6) is 0 Å². The van der Waals surface area contributed by atoms with Gasteiger partial charge in [0.2, 0.25) is 0 Å². The Balaban J connectivity index is 0.000000180. The molecule has 2 saturated heterocycles. The van der Waals surface area contributed by atoms with Crippen molar-refractivity contribution >= 4 is 66.1 Å². The van der Waals surface area contributed by atoms with Crippen molar-refractivity contribution in [3.8, 4) is 0 Å². The van der Waals surface area contributed by atoms with E-state index in [-0.39, 0.29) is 23.0 Å². The zero-order chi connectivity index (χ0) is 14.1. The molecule has 0 N–H and O–H groups in total. The molecular formula is C8H12Cl4O4S2. The predicted octanol–water partition coefficient (Wildman–Crippen LogP) is 1.26. The van der Waals surface area contributed by atoms with Gasteiger partial charge in [0.05, 0.1) is 44.5 Å².